The minimum absolute atomic E-state index is 0.00594. The lowest BCUT2D eigenvalue weighted by Crippen LogP contribution is -2.61. The number of carbonyl (C=O) groups is 9. The van der Waals surface area contributed by atoms with Gasteiger partial charge in [-0.3, -0.25) is 48.1 Å². The molecule has 0 aliphatic carbocycles. The van der Waals surface area contributed by atoms with Crippen LogP contribution in [0.15, 0.2) is 59.6 Å². The maximum atomic E-state index is 14.3. The van der Waals surface area contributed by atoms with Crippen LogP contribution in [0.1, 0.15) is 77.3 Å². The van der Waals surface area contributed by atoms with Crippen molar-refractivity contribution in [2.45, 2.75) is 121 Å². The number of hydrogen-bond donors (Lipinski definition) is 13. The summed E-state index contributed by atoms with van der Waals surface area (Å²) < 4.78 is 0. The summed E-state index contributed by atoms with van der Waals surface area (Å²) >= 11 is 8.49. The Kier molecular flexibility index (Phi) is 25.2. The van der Waals surface area contributed by atoms with Gasteiger partial charge in [0.25, 0.3) is 0 Å². The normalized spacial score (nSPS) is 15.7. The number of aromatic hydroxyl groups is 1. The molecule has 2 aromatic rings. The van der Waals surface area contributed by atoms with Crippen LogP contribution in [0.25, 0.3) is 0 Å². The largest absolute Gasteiger partial charge is 0.508 e. The van der Waals surface area contributed by atoms with Gasteiger partial charge >= 0.3 is 0 Å². The Labute approximate surface area is 431 Å². The van der Waals surface area contributed by atoms with Crippen LogP contribution in [0.2, 0.25) is 0 Å². The molecule has 3 rings (SSSR count). The summed E-state index contributed by atoms with van der Waals surface area (Å²) in [4.78, 5) is 127. The molecule has 0 unspecified atom stereocenters. The van der Waals surface area contributed by atoms with Gasteiger partial charge in [0, 0.05) is 38.1 Å². The molecule has 24 heteroatoms. The van der Waals surface area contributed by atoms with Crippen LogP contribution >= 0.6 is 25.3 Å². The van der Waals surface area contributed by atoms with Crippen LogP contribution in [-0.4, -0.2) is 143 Å². The lowest BCUT2D eigenvalue weighted by Gasteiger charge is -2.31. The van der Waals surface area contributed by atoms with Gasteiger partial charge in [0.2, 0.25) is 53.2 Å². The zero-order valence-corrected chi connectivity index (χ0v) is 43.0. The second-order valence-electron chi connectivity index (χ2n) is 18.3. The average molecular weight is 1040 g/mol. The van der Waals surface area contributed by atoms with Gasteiger partial charge in [0.15, 0.2) is 5.96 Å². The van der Waals surface area contributed by atoms with Gasteiger partial charge in [-0.05, 0) is 73.0 Å². The summed E-state index contributed by atoms with van der Waals surface area (Å²) in [5.74, 6) is -6.81. The molecule has 9 amide bonds. The zero-order chi connectivity index (χ0) is 53.5. The Morgan fingerprint density at radius 1 is 0.708 bits per heavy atom. The van der Waals surface area contributed by atoms with Crippen LogP contribution in [0.4, 0.5) is 0 Å². The van der Waals surface area contributed by atoms with Gasteiger partial charge in [-0.15, -0.1) is 0 Å². The van der Waals surface area contributed by atoms with E-state index in [1.54, 1.807) is 56.3 Å². The third kappa shape index (κ3) is 20.3. The molecule has 2 aromatic carbocycles. The maximum Gasteiger partial charge on any atom is 0.246 e. The second-order valence-corrected chi connectivity index (χ2v) is 19.1. The van der Waals surface area contributed by atoms with E-state index in [0.717, 1.165) is 0 Å². The molecule has 1 aliphatic heterocycles. The highest BCUT2D eigenvalue weighted by Crippen LogP contribution is 2.20. The van der Waals surface area contributed by atoms with E-state index in [-0.39, 0.29) is 87.2 Å². The first-order valence-electron chi connectivity index (χ1n) is 23.9. The summed E-state index contributed by atoms with van der Waals surface area (Å²) in [6.45, 7) is 6.88. The smallest absolute Gasteiger partial charge is 0.246 e. The minimum Gasteiger partial charge on any atom is -0.508 e. The van der Waals surface area contributed by atoms with Crippen molar-refractivity contribution in [1.82, 2.24) is 42.1 Å². The number of nitrogens with zero attached hydrogens (tertiary/aromatic N) is 2. The van der Waals surface area contributed by atoms with Crippen molar-refractivity contribution in [2.24, 2.45) is 34.0 Å². The Morgan fingerprint density at radius 3 is 1.88 bits per heavy atom. The lowest BCUT2D eigenvalue weighted by atomic mass is 9.98. The van der Waals surface area contributed by atoms with Crippen LogP contribution < -0.4 is 54.4 Å². The number of guanidine groups is 1. The molecule has 72 heavy (non-hydrogen) atoms. The molecule has 0 bridgehead atoms. The maximum absolute atomic E-state index is 14.3. The number of hydrogen-bond acceptors (Lipinski definition) is 13. The van der Waals surface area contributed by atoms with Crippen LogP contribution in [0.5, 0.6) is 5.75 Å². The van der Waals surface area contributed by atoms with Crippen molar-refractivity contribution in [2.75, 3.05) is 31.1 Å². The summed E-state index contributed by atoms with van der Waals surface area (Å²) in [5.41, 5.74) is 17.3. The number of nitrogens with one attached hydrogen (secondary N) is 7. The van der Waals surface area contributed by atoms with Gasteiger partial charge in [0.05, 0.1) is 6.54 Å². The number of amides is 9. The van der Waals surface area contributed by atoms with Gasteiger partial charge < -0.3 is 64.4 Å². The molecule has 7 atom stereocenters. The zero-order valence-electron chi connectivity index (χ0n) is 41.2. The molecule has 0 radical (unpaired) electrons. The number of thiol groups is 2. The second kappa shape index (κ2) is 30.4. The Hall–Kier alpha value is -6.56. The average Bonchev–Trinajstić information content (AvgIpc) is 3.83. The van der Waals surface area contributed by atoms with E-state index in [2.05, 4.69) is 67.5 Å². The first kappa shape index (κ1) is 59.7. The van der Waals surface area contributed by atoms with Gasteiger partial charge in [-0.25, -0.2) is 0 Å². The molecule has 1 fully saturated rings. The molecule has 1 heterocycles. The van der Waals surface area contributed by atoms with Crippen molar-refractivity contribution in [3.05, 3.63) is 65.7 Å². The van der Waals surface area contributed by atoms with Crippen molar-refractivity contribution in [3.8, 4) is 5.75 Å². The fourth-order valence-electron chi connectivity index (χ4n) is 7.83. The first-order chi connectivity index (χ1) is 34.1. The predicted molar refractivity (Wildman–Crippen MR) is 277 cm³/mol. The van der Waals surface area contributed by atoms with E-state index < -0.39 is 108 Å². The molecule has 0 spiro atoms. The quantitative estimate of drug-likeness (QED) is 0.0196. The van der Waals surface area contributed by atoms with E-state index >= 15 is 0 Å². The van der Waals surface area contributed by atoms with E-state index in [9.17, 15) is 48.3 Å². The third-order valence-electron chi connectivity index (χ3n) is 11.5. The Morgan fingerprint density at radius 2 is 1.29 bits per heavy atom. The number of phenols is 1. The molecule has 22 nitrogen and oxygen atoms in total. The molecule has 396 valence electrons. The molecular weight excluding hydrogens is 969 g/mol. The number of likely N-dealkylation sites (tertiary alicyclic amines) is 1. The molecule has 0 saturated carbocycles. The topological polar surface area (TPSA) is 352 Å². The number of primary amides is 1. The molecular formula is C48H72N12O10S2. The molecule has 1 aliphatic rings. The van der Waals surface area contributed by atoms with E-state index in [0.29, 0.717) is 17.5 Å². The van der Waals surface area contributed by atoms with Crippen LogP contribution in [0, 0.1) is 11.8 Å². The first-order valence-corrected chi connectivity index (χ1v) is 25.2. The Balaban J connectivity index is 1.81. The lowest BCUT2D eigenvalue weighted by molar-refractivity contribution is -0.142. The van der Waals surface area contributed by atoms with Crippen molar-refractivity contribution in [3.63, 3.8) is 0 Å². The molecule has 14 N–H and O–H groups in total. The highest BCUT2D eigenvalue weighted by molar-refractivity contribution is 7.80. The number of rotatable bonds is 29. The fourth-order valence-corrected chi connectivity index (χ4v) is 8.28. The highest BCUT2D eigenvalue weighted by atomic mass is 32.1. The van der Waals surface area contributed by atoms with E-state index in [1.165, 1.54) is 17.0 Å². The van der Waals surface area contributed by atoms with Gasteiger partial charge in [-0.1, -0.05) is 70.2 Å². The minimum atomic E-state index is -1.25. The molecule has 0 aromatic heterocycles. The fraction of sp³-hybridized carbons (Fsp3) is 0.542. The van der Waals surface area contributed by atoms with Crippen LogP contribution in [0.3, 0.4) is 0 Å². The van der Waals surface area contributed by atoms with E-state index in [4.69, 9.17) is 17.2 Å². The number of nitrogens with two attached hydrogens (primary N) is 3. The van der Waals surface area contributed by atoms with Crippen molar-refractivity contribution < 1.29 is 48.3 Å². The standard InChI is InChI=1S/C48H72N12O10S2/c1-27(2)22-33(42(65)58-36(26-72)47(70)60-20-9-13-37(60)45(68)55-32(12-8-19-52-48(50)51)41(64)53-25-38(49)62)57-46(69)40(28(3)4)59-44(67)35(23-29-10-6-5-7-11-29)56-43(66)34(54-39(63)18-21-71)24-30-14-16-31(61)17-15-30/h5-7,10-11,14-17,27-28,32-37,40,61,71-72H,8-9,12-13,18-26H2,1-4H3,(H2,49,62)(H,53,64)(H,54,63)(H,55,68)(H,56,66)(H,57,69)(H,58,65)(H,59,67)(H4,50,51,52)/t32-,33+,34+,35+,36+,37+,40+/m1/s1. The van der Waals surface area contributed by atoms with Gasteiger partial charge in [0.1, 0.15) is 48.0 Å². The Bertz CT molecular complexity index is 2200. The summed E-state index contributed by atoms with van der Waals surface area (Å²) in [7, 11) is 0. The molecule has 1 saturated heterocycles. The monoisotopic (exact) mass is 1040 g/mol. The highest BCUT2D eigenvalue weighted by Gasteiger charge is 2.40. The number of benzene rings is 2. The van der Waals surface area contributed by atoms with Crippen LogP contribution in [-0.2, 0) is 56.0 Å². The predicted octanol–water partition coefficient (Wildman–Crippen LogP) is -1.32. The van der Waals surface area contributed by atoms with Gasteiger partial charge in [-0.2, -0.15) is 25.3 Å². The number of phenolic OH excluding ortho intramolecular Hbond substituents is 1. The summed E-state index contributed by atoms with van der Waals surface area (Å²) in [6.07, 6.45) is 1.21. The number of aliphatic imine (C=N–C) groups is 1. The summed E-state index contributed by atoms with van der Waals surface area (Å²) in [5, 5.41) is 28.6. The van der Waals surface area contributed by atoms with Crippen molar-refractivity contribution >= 4 is 84.4 Å². The van der Waals surface area contributed by atoms with Crippen molar-refractivity contribution in [1.29, 1.82) is 0 Å². The third-order valence-corrected chi connectivity index (χ3v) is 12.1. The SMILES string of the molecule is CC(C)C[C@H](NC(=O)[C@@H](NC(=O)[C@H](Cc1ccccc1)NC(=O)[C@H](Cc1ccc(O)cc1)NC(=O)CCS)C(C)C)C(=O)N[C@@H](CS)C(=O)N1CCC[C@H]1C(=O)N[C@H](CCCN=C(N)N)C(=O)NCC(N)=O. The van der Waals surface area contributed by atoms with E-state index in [1.807, 2.05) is 13.8 Å². The number of carbonyl (C=O) groups excluding carboxylic acids is 9. The summed E-state index contributed by atoms with van der Waals surface area (Å²) in [6, 6.07) is 6.76.